The highest BCUT2D eigenvalue weighted by Crippen LogP contribution is 2.18. The van der Waals surface area contributed by atoms with Gasteiger partial charge in [-0.15, -0.1) is 5.10 Å². The van der Waals surface area contributed by atoms with Crippen molar-refractivity contribution in [1.29, 1.82) is 0 Å². The van der Waals surface area contributed by atoms with Gasteiger partial charge in [-0.05, 0) is 5.92 Å². The lowest BCUT2D eigenvalue weighted by molar-refractivity contribution is -0.120. The summed E-state index contributed by atoms with van der Waals surface area (Å²) >= 11 is 0. The summed E-state index contributed by atoms with van der Waals surface area (Å²) < 4.78 is 6.12. The summed E-state index contributed by atoms with van der Waals surface area (Å²) in [7, 11) is 2.68. The molecule has 1 rings (SSSR count). The lowest BCUT2D eigenvalue weighted by Crippen LogP contribution is -2.37. The monoisotopic (exact) mass is 297 g/mol. The Kier molecular flexibility index (Phi) is 5.82. The Labute approximate surface area is 122 Å². The lowest BCUT2D eigenvalue weighted by atomic mass is 10.1. The summed E-state index contributed by atoms with van der Waals surface area (Å²) in [5.74, 6) is -1.03. The van der Waals surface area contributed by atoms with Gasteiger partial charge in [0.2, 0.25) is 5.91 Å². The van der Waals surface area contributed by atoms with E-state index in [2.05, 4.69) is 25.7 Å². The number of esters is 1. The van der Waals surface area contributed by atoms with E-state index >= 15 is 0 Å². The Hall–Kier alpha value is -2.45. The van der Waals surface area contributed by atoms with Gasteiger partial charge in [0, 0.05) is 13.5 Å². The summed E-state index contributed by atoms with van der Waals surface area (Å²) in [4.78, 5) is 34.1. The molecule has 0 saturated carbocycles. The number of amides is 3. The standard InChI is InChI=1S/C12H19N5O4/c1-7(2)10-9(11(19)21-4)15-16-17(10)6-5-8(18)14-12(20)13-3/h7H,5-6H2,1-4H3,(H2,13,14,18,20). The number of ether oxygens (including phenoxy) is 1. The Morgan fingerprint density at radius 2 is 2.00 bits per heavy atom. The molecule has 0 aliphatic rings. The summed E-state index contributed by atoms with van der Waals surface area (Å²) in [5.41, 5.74) is 0.730. The third kappa shape index (κ3) is 4.26. The average molecular weight is 297 g/mol. The number of hydrogen-bond donors (Lipinski definition) is 2. The summed E-state index contributed by atoms with van der Waals surface area (Å²) in [6.07, 6.45) is 0.0388. The van der Waals surface area contributed by atoms with E-state index in [0.29, 0.717) is 5.69 Å². The number of imide groups is 1. The zero-order valence-corrected chi connectivity index (χ0v) is 12.5. The third-order valence-electron chi connectivity index (χ3n) is 2.73. The second-order valence-corrected chi connectivity index (χ2v) is 4.57. The van der Waals surface area contributed by atoms with E-state index in [0.717, 1.165) is 0 Å². The normalized spacial score (nSPS) is 10.3. The van der Waals surface area contributed by atoms with Crippen molar-refractivity contribution in [2.24, 2.45) is 0 Å². The molecule has 1 heterocycles. The van der Waals surface area contributed by atoms with E-state index < -0.39 is 17.9 Å². The second-order valence-electron chi connectivity index (χ2n) is 4.57. The van der Waals surface area contributed by atoms with Crippen molar-refractivity contribution < 1.29 is 19.1 Å². The third-order valence-corrected chi connectivity index (χ3v) is 2.73. The zero-order chi connectivity index (χ0) is 16.0. The number of carbonyl (C=O) groups is 3. The van der Waals surface area contributed by atoms with Crippen LogP contribution in [-0.2, 0) is 16.1 Å². The number of urea groups is 1. The molecule has 9 nitrogen and oxygen atoms in total. The van der Waals surface area contributed by atoms with Crippen molar-refractivity contribution in [2.45, 2.75) is 32.7 Å². The largest absolute Gasteiger partial charge is 0.464 e. The number of methoxy groups -OCH3 is 1. The van der Waals surface area contributed by atoms with Crippen LogP contribution in [0.25, 0.3) is 0 Å². The molecular formula is C12H19N5O4. The van der Waals surface area contributed by atoms with Crippen LogP contribution in [0.15, 0.2) is 0 Å². The Balaban J connectivity index is 2.80. The molecule has 0 atom stereocenters. The van der Waals surface area contributed by atoms with Crippen LogP contribution in [0.1, 0.15) is 42.4 Å². The molecule has 0 unspecified atom stereocenters. The van der Waals surface area contributed by atoms with Crippen molar-refractivity contribution in [2.75, 3.05) is 14.2 Å². The van der Waals surface area contributed by atoms with Crippen LogP contribution in [-0.4, -0.2) is 47.1 Å². The first kappa shape index (κ1) is 16.6. The lowest BCUT2D eigenvalue weighted by Gasteiger charge is -2.10. The van der Waals surface area contributed by atoms with E-state index in [1.165, 1.54) is 18.8 Å². The highest BCUT2D eigenvalue weighted by molar-refractivity contribution is 5.94. The quantitative estimate of drug-likeness (QED) is 0.741. The van der Waals surface area contributed by atoms with Crippen LogP contribution in [0, 0.1) is 0 Å². The Morgan fingerprint density at radius 1 is 1.33 bits per heavy atom. The van der Waals surface area contributed by atoms with Crippen molar-refractivity contribution in [3.05, 3.63) is 11.4 Å². The van der Waals surface area contributed by atoms with Crippen molar-refractivity contribution in [1.82, 2.24) is 25.6 Å². The molecule has 0 bridgehead atoms. The minimum absolute atomic E-state index is 0.0175. The van der Waals surface area contributed by atoms with Crippen LogP contribution in [0.4, 0.5) is 4.79 Å². The predicted molar refractivity (Wildman–Crippen MR) is 72.7 cm³/mol. The zero-order valence-electron chi connectivity index (χ0n) is 12.5. The molecule has 0 aliphatic heterocycles. The summed E-state index contributed by atoms with van der Waals surface area (Å²) in [6, 6.07) is -0.571. The van der Waals surface area contributed by atoms with Crippen LogP contribution in [0.3, 0.4) is 0 Å². The van der Waals surface area contributed by atoms with Gasteiger partial charge >= 0.3 is 12.0 Å². The number of carbonyl (C=O) groups excluding carboxylic acids is 3. The first-order valence-electron chi connectivity index (χ1n) is 6.44. The van der Waals surface area contributed by atoms with Crippen LogP contribution in [0.5, 0.6) is 0 Å². The van der Waals surface area contributed by atoms with E-state index in [-0.39, 0.29) is 24.6 Å². The van der Waals surface area contributed by atoms with E-state index in [4.69, 9.17) is 0 Å². The smallest absolute Gasteiger partial charge is 0.360 e. The van der Waals surface area contributed by atoms with Gasteiger partial charge in [0.1, 0.15) is 0 Å². The minimum Gasteiger partial charge on any atom is -0.464 e. The fraction of sp³-hybridized carbons (Fsp3) is 0.583. The molecule has 2 N–H and O–H groups in total. The SMILES string of the molecule is CNC(=O)NC(=O)CCn1nnc(C(=O)OC)c1C(C)C. The Bertz CT molecular complexity index is 538. The molecule has 1 aromatic heterocycles. The molecule has 21 heavy (non-hydrogen) atoms. The topological polar surface area (TPSA) is 115 Å². The van der Waals surface area contributed by atoms with Gasteiger partial charge < -0.3 is 10.1 Å². The van der Waals surface area contributed by atoms with Crippen LogP contribution in [0.2, 0.25) is 0 Å². The molecule has 0 aliphatic carbocycles. The van der Waals surface area contributed by atoms with E-state index in [1.54, 1.807) is 0 Å². The number of hydrogen-bond acceptors (Lipinski definition) is 6. The van der Waals surface area contributed by atoms with Gasteiger partial charge in [0.15, 0.2) is 5.69 Å². The van der Waals surface area contributed by atoms with Crippen LogP contribution >= 0.6 is 0 Å². The highest BCUT2D eigenvalue weighted by Gasteiger charge is 2.22. The first-order valence-corrected chi connectivity index (χ1v) is 6.44. The second kappa shape index (κ2) is 7.36. The Morgan fingerprint density at radius 3 is 2.52 bits per heavy atom. The fourth-order valence-electron chi connectivity index (χ4n) is 1.76. The van der Waals surface area contributed by atoms with Gasteiger partial charge in [-0.25, -0.2) is 14.3 Å². The predicted octanol–water partition coefficient (Wildman–Crippen LogP) is 0.0338. The molecular weight excluding hydrogens is 278 g/mol. The summed E-state index contributed by atoms with van der Waals surface area (Å²) in [6.45, 7) is 3.97. The molecule has 9 heteroatoms. The van der Waals surface area contributed by atoms with Gasteiger partial charge in [0.05, 0.1) is 19.3 Å². The number of nitrogens with one attached hydrogen (secondary N) is 2. The molecule has 0 fully saturated rings. The molecule has 3 amide bonds. The molecule has 0 radical (unpaired) electrons. The van der Waals surface area contributed by atoms with Crippen molar-refractivity contribution >= 4 is 17.9 Å². The molecule has 116 valence electrons. The average Bonchev–Trinajstić information content (AvgIpc) is 2.88. The molecule has 0 saturated heterocycles. The first-order chi connectivity index (χ1) is 9.90. The molecule has 0 aromatic carbocycles. The molecule has 1 aromatic rings. The molecule has 0 spiro atoms. The maximum Gasteiger partial charge on any atom is 0.360 e. The number of aryl methyl sites for hydroxylation is 1. The van der Waals surface area contributed by atoms with Crippen molar-refractivity contribution in [3.63, 3.8) is 0 Å². The maximum absolute atomic E-state index is 11.6. The van der Waals surface area contributed by atoms with E-state index in [1.807, 2.05) is 13.8 Å². The van der Waals surface area contributed by atoms with E-state index in [9.17, 15) is 14.4 Å². The van der Waals surface area contributed by atoms with Crippen LogP contribution < -0.4 is 10.6 Å². The minimum atomic E-state index is -0.571. The maximum atomic E-state index is 11.6. The van der Waals surface area contributed by atoms with Gasteiger partial charge in [-0.2, -0.15) is 0 Å². The fourth-order valence-corrected chi connectivity index (χ4v) is 1.76. The number of rotatable bonds is 5. The summed E-state index contributed by atoms with van der Waals surface area (Å²) in [5, 5.41) is 12.1. The van der Waals surface area contributed by atoms with Gasteiger partial charge in [0.25, 0.3) is 0 Å². The van der Waals surface area contributed by atoms with Gasteiger partial charge in [-0.1, -0.05) is 19.1 Å². The highest BCUT2D eigenvalue weighted by atomic mass is 16.5. The number of nitrogens with zero attached hydrogens (tertiary/aromatic N) is 3. The van der Waals surface area contributed by atoms with Crippen molar-refractivity contribution in [3.8, 4) is 0 Å². The van der Waals surface area contributed by atoms with Gasteiger partial charge in [-0.3, -0.25) is 10.1 Å². The number of aromatic nitrogens is 3.